The summed E-state index contributed by atoms with van der Waals surface area (Å²) in [6.07, 6.45) is 1.75. The van der Waals surface area contributed by atoms with Gasteiger partial charge in [-0.2, -0.15) is 0 Å². The molecule has 0 atom stereocenters. The van der Waals surface area contributed by atoms with E-state index in [-0.39, 0.29) is 20.3 Å². The van der Waals surface area contributed by atoms with Crippen LogP contribution < -0.4 is 18.9 Å². The SMILES string of the molecule is C=CC.[H-].[Li+]. The molecule has 0 aliphatic carbocycles. The van der Waals surface area contributed by atoms with E-state index in [1.54, 1.807) is 6.08 Å². The van der Waals surface area contributed by atoms with Crippen LogP contribution in [0.1, 0.15) is 8.35 Å². The van der Waals surface area contributed by atoms with Gasteiger partial charge in [-0.15, -0.1) is 6.58 Å². The number of allylic oxidation sites excluding steroid dienone is 1. The van der Waals surface area contributed by atoms with Crippen molar-refractivity contribution in [1.29, 1.82) is 0 Å². The topological polar surface area (TPSA) is 0 Å². The fourth-order valence-electron chi connectivity index (χ4n) is 0. The molecule has 0 aliphatic heterocycles. The fourth-order valence-corrected chi connectivity index (χ4v) is 0. The molecule has 0 bridgehead atoms. The monoisotopic (exact) mass is 50.1 g/mol. The Kier molecular flexibility index (Phi) is 22.5. The van der Waals surface area contributed by atoms with Crippen LogP contribution in [0.5, 0.6) is 0 Å². The van der Waals surface area contributed by atoms with E-state index >= 15 is 0 Å². The molecular weight excluding hydrogens is 43.0 g/mol. The van der Waals surface area contributed by atoms with Crippen LogP contribution in [0.25, 0.3) is 0 Å². The molecule has 0 saturated heterocycles. The molecule has 0 aliphatic rings. The van der Waals surface area contributed by atoms with Crippen LogP contribution in [-0.4, -0.2) is 0 Å². The Hall–Kier alpha value is 0.337. The van der Waals surface area contributed by atoms with Crippen molar-refractivity contribution in [3.63, 3.8) is 0 Å². The van der Waals surface area contributed by atoms with Crippen molar-refractivity contribution >= 4 is 0 Å². The van der Waals surface area contributed by atoms with Gasteiger partial charge in [-0.3, -0.25) is 0 Å². The Labute approximate surface area is 40.6 Å². The van der Waals surface area contributed by atoms with Crippen molar-refractivity contribution in [2.45, 2.75) is 6.92 Å². The Morgan fingerprint density at radius 1 is 2.00 bits per heavy atom. The second-order valence-electron chi connectivity index (χ2n) is 0.408. The Morgan fingerprint density at radius 3 is 2.00 bits per heavy atom. The van der Waals surface area contributed by atoms with E-state index < -0.39 is 0 Å². The molecule has 0 aromatic rings. The molecule has 0 saturated carbocycles. The third-order valence-corrected chi connectivity index (χ3v) is 0. The zero-order chi connectivity index (χ0) is 2.71. The van der Waals surface area contributed by atoms with Crippen LogP contribution in [-0.2, 0) is 0 Å². The summed E-state index contributed by atoms with van der Waals surface area (Å²) in [5, 5.41) is 0. The van der Waals surface area contributed by atoms with Gasteiger partial charge in [-0.25, -0.2) is 0 Å². The van der Waals surface area contributed by atoms with E-state index in [4.69, 9.17) is 0 Å². The first-order chi connectivity index (χ1) is 1.41. The van der Waals surface area contributed by atoms with Crippen molar-refractivity contribution in [2.24, 2.45) is 0 Å². The summed E-state index contributed by atoms with van der Waals surface area (Å²) >= 11 is 0. The molecular formula is C3H7Li. The maximum Gasteiger partial charge on any atom is 1.00 e. The first-order valence-corrected chi connectivity index (χ1v) is 0.986. The smallest absolute Gasteiger partial charge is 1.00 e. The average molecular weight is 50.0 g/mol. The molecule has 0 radical (unpaired) electrons. The third-order valence-electron chi connectivity index (χ3n) is 0. The van der Waals surface area contributed by atoms with Crippen molar-refractivity contribution in [3.05, 3.63) is 12.7 Å². The molecule has 0 aromatic heterocycles. The van der Waals surface area contributed by atoms with Crippen LogP contribution >= 0.6 is 0 Å². The second kappa shape index (κ2) is 10.2. The normalized spacial score (nSPS) is 3.25. The van der Waals surface area contributed by atoms with Crippen LogP contribution in [0.3, 0.4) is 0 Å². The molecule has 20 valence electrons. The molecule has 0 spiro atoms. The van der Waals surface area contributed by atoms with Crippen molar-refractivity contribution in [2.75, 3.05) is 0 Å². The van der Waals surface area contributed by atoms with Crippen molar-refractivity contribution in [1.82, 2.24) is 0 Å². The zero-order valence-electron chi connectivity index (χ0n) is 4.28. The molecule has 0 unspecified atom stereocenters. The van der Waals surface area contributed by atoms with Gasteiger partial charge < -0.3 is 1.43 Å². The van der Waals surface area contributed by atoms with Gasteiger partial charge in [0.05, 0.1) is 0 Å². The van der Waals surface area contributed by atoms with Crippen LogP contribution in [0.2, 0.25) is 0 Å². The molecule has 0 N–H and O–H groups in total. The molecule has 0 amide bonds. The first kappa shape index (κ1) is 8.84. The second-order valence-corrected chi connectivity index (χ2v) is 0.408. The van der Waals surface area contributed by atoms with E-state index in [0.29, 0.717) is 0 Å². The predicted octanol–water partition coefficient (Wildman–Crippen LogP) is -1.69. The zero-order valence-corrected chi connectivity index (χ0v) is 3.28. The minimum Gasteiger partial charge on any atom is -1.00 e. The number of hydrogen-bond acceptors (Lipinski definition) is 0. The molecule has 4 heavy (non-hydrogen) atoms. The van der Waals surface area contributed by atoms with Gasteiger partial charge in [0, 0.05) is 0 Å². The average Bonchev–Trinajstić information content (AvgIpc) is 0.918. The first-order valence-electron chi connectivity index (χ1n) is 0.986. The minimum absolute atomic E-state index is 0. The molecule has 0 nitrogen and oxygen atoms in total. The largest absolute Gasteiger partial charge is 1.00 e. The summed E-state index contributed by atoms with van der Waals surface area (Å²) < 4.78 is 0. The van der Waals surface area contributed by atoms with Crippen molar-refractivity contribution < 1.29 is 20.3 Å². The van der Waals surface area contributed by atoms with Crippen LogP contribution in [0.15, 0.2) is 12.7 Å². The van der Waals surface area contributed by atoms with Gasteiger partial charge in [0.2, 0.25) is 0 Å². The van der Waals surface area contributed by atoms with Gasteiger partial charge in [0.1, 0.15) is 0 Å². The quantitative estimate of drug-likeness (QED) is 0.227. The van der Waals surface area contributed by atoms with Crippen LogP contribution in [0.4, 0.5) is 0 Å². The summed E-state index contributed by atoms with van der Waals surface area (Å²) in [7, 11) is 0. The van der Waals surface area contributed by atoms with Gasteiger partial charge in [0.25, 0.3) is 0 Å². The van der Waals surface area contributed by atoms with E-state index in [1.807, 2.05) is 6.92 Å². The number of hydrogen-bond donors (Lipinski definition) is 0. The van der Waals surface area contributed by atoms with Crippen LogP contribution in [0, 0.1) is 0 Å². The predicted molar refractivity (Wildman–Crippen MR) is 17.0 cm³/mol. The Morgan fingerprint density at radius 2 is 2.00 bits per heavy atom. The molecule has 0 rings (SSSR count). The van der Waals surface area contributed by atoms with E-state index in [1.165, 1.54) is 0 Å². The van der Waals surface area contributed by atoms with E-state index in [0.717, 1.165) is 0 Å². The summed E-state index contributed by atoms with van der Waals surface area (Å²) in [4.78, 5) is 0. The third kappa shape index (κ3) is 36.7. The Bertz CT molecular complexity index is 14.4. The van der Waals surface area contributed by atoms with Crippen molar-refractivity contribution in [3.8, 4) is 0 Å². The molecule has 0 aromatic carbocycles. The Balaban J connectivity index is -0.0000000200. The van der Waals surface area contributed by atoms with E-state index in [9.17, 15) is 0 Å². The fraction of sp³-hybridized carbons (Fsp3) is 0.333. The van der Waals surface area contributed by atoms with Gasteiger partial charge in [-0.05, 0) is 6.92 Å². The summed E-state index contributed by atoms with van der Waals surface area (Å²) in [5.41, 5.74) is 0. The number of rotatable bonds is 0. The minimum atomic E-state index is 0. The van der Waals surface area contributed by atoms with Gasteiger partial charge in [-0.1, -0.05) is 6.08 Å². The van der Waals surface area contributed by atoms with E-state index in [2.05, 4.69) is 6.58 Å². The molecule has 1 heteroatoms. The van der Waals surface area contributed by atoms with Gasteiger partial charge >= 0.3 is 18.9 Å². The summed E-state index contributed by atoms with van der Waals surface area (Å²) in [6.45, 7) is 5.25. The molecule has 0 fully saturated rings. The maximum absolute atomic E-state index is 3.36. The standard InChI is InChI=1S/C3H6.Li.H/c1-3-2;;/h3H,1H2,2H3;;/q;+1;-1. The summed E-state index contributed by atoms with van der Waals surface area (Å²) in [5.74, 6) is 0. The maximum atomic E-state index is 3.36. The van der Waals surface area contributed by atoms with Gasteiger partial charge in [0.15, 0.2) is 0 Å². The molecule has 0 heterocycles. The summed E-state index contributed by atoms with van der Waals surface area (Å²) in [6, 6.07) is 0.